The molecule has 2 aromatic carbocycles. The molecule has 0 radical (unpaired) electrons. The van der Waals surface area contributed by atoms with E-state index >= 15 is 0 Å². The maximum atomic E-state index is 12.7. The van der Waals surface area contributed by atoms with Crippen molar-refractivity contribution in [3.8, 4) is 5.69 Å². The van der Waals surface area contributed by atoms with E-state index in [0.717, 1.165) is 22.6 Å². The summed E-state index contributed by atoms with van der Waals surface area (Å²) in [6, 6.07) is 17.6. The first-order valence-corrected chi connectivity index (χ1v) is 7.77. The van der Waals surface area contributed by atoms with Gasteiger partial charge in [-0.1, -0.05) is 30.3 Å². The van der Waals surface area contributed by atoms with Crippen molar-refractivity contribution in [3.05, 3.63) is 81.8 Å². The molecule has 0 bridgehead atoms. The summed E-state index contributed by atoms with van der Waals surface area (Å²) in [4.78, 5) is 12.7. The number of hydrogen-bond donors (Lipinski definition) is 1. The van der Waals surface area contributed by atoms with E-state index in [1.54, 1.807) is 15.9 Å². The average Bonchev–Trinajstić information content (AvgIpc) is 2.88. The average molecular weight is 320 g/mol. The van der Waals surface area contributed by atoms with Crippen molar-refractivity contribution < 1.29 is 0 Å². The van der Waals surface area contributed by atoms with E-state index in [9.17, 15) is 4.79 Å². The fourth-order valence-electron chi connectivity index (χ4n) is 2.52. The number of benzene rings is 2. The van der Waals surface area contributed by atoms with Gasteiger partial charge >= 0.3 is 0 Å². The first-order valence-electron chi connectivity index (χ1n) is 7.77. The van der Waals surface area contributed by atoms with Crippen LogP contribution in [-0.2, 0) is 0 Å². The zero-order valence-corrected chi connectivity index (χ0v) is 14.0. The minimum Gasteiger partial charge on any atom is -0.295 e. The highest BCUT2D eigenvalue weighted by Crippen LogP contribution is 2.12. The first kappa shape index (κ1) is 15.8. The predicted octanol–water partition coefficient (Wildman–Crippen LogP) is 3.25. The number of aromatic amines is 1. The molecule has 122 valence electrons. The van der Waals surface area contributed by atoms with Gasteiger partial charge in [0, 0.05) is 12.7 Å². The smallest absolute Gasteiger partial charge is 0.280 e. The lowest BCUT2D eigenvalue weighted by Gasteiger charge is -2.11. The third-order valence-electron chi connectivity index (χ3n) is 3.87. The van der Waals surface area contributed by atoms with Crippen LogP contribution in [0.5, 0.6) is 0 Å². The summed E-state index contributed by atoms with van der Waals surface area (Å²) in [5.41, 5.74) is 4.11. The molecule has 0 saturated carbocycles. The Labute approximate surface area is 140 Å². The molecule has 0 saturated heterocycles. The van der Waals surface area contributed by atoms with Crippen molar-refractivity contribution in [2.24, 2.45) is 5.10 Å². The third kappa shape index (κ3) is 3.15. The summed E-state index contributed by atoms with van der Waals surface area (Å²) in [5.74, 6) is 0. The Balaban J connectivity index is 1.93. The molecular weight excluding hydrogens is 300 g/mol. The van der Waals surface area contributed by atoms with Gasteiger partial charge in [0.15, 0.2) is 0 Å². The molecule has 0 aliphatic carbocycles. The van der Waals surface area contributed by atoms with E-state index in [1.807, 2.05) is 75.5 Å². The molecule has 0 aliphatic heterocycles. The molecule has 0 fully saturated rings. The van der Waals surface area contributed by atoms with Crippen LogP contribution in [-0.4, -0.2) is 23.0 Å². The van der Waals surface area contributed by atoms with Crippen LogP contribution in [0.1, 0.15) is 16.8 Å². The zero-order chi connectivity index (χ0) is 17.1. The second kappa shape index (κ2) is 6.58. The van der Waals surface area contributed by atoms with E-state index in [-0.39, 0.29) is 5.56 Å². The molecule has 5 heteroatoms. The van der Waals surface area contributed by atoms with E-state index in [2.05, 4.69) is 10.2 Å². The van der Waals surface area contributed by atoms with Crippen LogP contribution in [0.15, 0.2) is 64.5 Å². The van der Waals surface area contributed by atoms with Crippen LogP contribution < -0.4 is 10.6 Å². The number of aromatic nitrogens is 2. The largest absolute Gasteiger partial charge is 0.295 e. The molecule has 5 nitrogen and oxygen atoms in total. The van der Waals surface area contributed by atoms with Gasteiger partial charge in [-0.3, -0.25) is 14.9 Å². The lowest BCUT2D eigenvalue weighted by Crippen LogP contribution is -2.18. The van der Waals surface area contributed by atoms with Crippen molar-refractivity contribution in [1.29, 1.82) is 0 Å². The molecular formula is C19H20N4O. The molecule has 1 aromatic heterocycles. The number of para-hydroxylation sites is 1. The maximum Gasteiger partial charge on any atom is 0.280 e. The summed E-state index contributed by atoms with van der Waals surface area (Å²) in [6.07, 6.45) is 1.60. The number of H-pyrrole nitrogens is 1. The maximum absolute atomic E-state index is 12.7. The molecule has 0 amide bonds. The molecule has 1 N–H and O–H groups in total. The van der Waals surface area contributed by atoms with E-state index in [1.165, 1.54) is 0 Å². The minimum atomic E-state index is -0.108. The lowest BCUT2D eigenvalue weighted by atomic mass is 10.2. The Morgan fingerprint density at radius 2 is 1.83 bits per heavy atom. The molecule has 0 unspecified atom stereocenters. The highest BCUT2D eigenvalue weighted by Gasteiger charge is 2.11. The fourth-order valence-corrected chi connectivity index (χ4v) is 2.52. The molecule has 1 heterocycles. The van der Waals surface area contributed by atoms with Gasteiger partial charge in [-0.15, -0.1) is 0 Å². The number of aryl methyl sites for hydroxylation is 2. The second-order valence-electron chi connectivity index (χ2n) is 5.73. The van der Waals surface area contributed by atoms with E-state index in [0.29, 0.717) is 5.56 Å². The minimum absolute atomic E-state index is 0.108. The quantitative estimate of drug-likeness (QED) is 0.592. The number of nitrogens with one attached hydrogen (secondary N) is 1. The van der Waals surface area contributed by atoms with Crippen molar-refractivity contribution in [1.82, 2.24) is 9.78 Å². The molecule has 0 atom stereocenters. The van der Waals surface area contributed by atoms with Gasteiger partial charge in [-0.25, -0.2) is 4.68 Å². The third-order valence-corrected chi connectivity index (χ3v) is 3.87. The number of nitrogens with zero attached hydrogens (tertiary/aromatic N) is 3. The number of hydrogen-bond acceptors (Lipinski definition) is 3. The zero-order valence-electron chi connectivity index (χ0n) is 14.0. The van der Waals surface area contributed by atoms with Crippen LogP contribution in [0.3, 0.4) is 0 Å². The Morgan fingerprint density at radius 3 is 2.54 bits per heavy atom. The molecule has 3 aromatic rings. The van der Waals surface area contributed by atoms with Crippen molar-refractivity contribution >= 4 is 11.9 Å². The Morgan fingerprint density at radius 1 is 1.08 bits per heavy atom. The summed E-state index contributed by atoms with van der Waals surface area (Å²) < 4.78 is 1.55. The monoisotopic (exact) mass is 320 g/mol. The van der Waals surface area contributed by atoms with Gasteiger partial charge in [0.1, 0.15) is 0 Å². The van der Waals surface area contributed by atoms with Crippen LogP contribution >= 0.6 is 0 Å². The number of rotatable bonds is 4. The summed E-state index contributed by atoms with van der Waals surface area (Å²) in [5, 5.41) is 9.24. The van der Waals surface area contributed by atoms with Crippen LogP contribution in [0.4, 0.5) is 5.69 Å². The predicted molar refractivity (Wildman–Crippen MR) is 98.3 cm³/mol. The van der Waals surface area contributed by atoms with Crippen molar-refractivity contribution in [2.45, 2.75) is 13.8 Å². The van der Waals surface area contributed by atoms with Crippen molar-refractivity contribution in [3.63, 3.8) is 0 Å². The second-order valence-corrected chi connectivity index (χ2v) is 5.73. The van der Waals surface area contributed by atoms with Crippen molar-refractivity contribution in [2.75, 3.05) is 12.1 Å². The first-order chi connectivity index (χ1) is 11.6. The fraction of sp³-hybridized carbons (Fsp3) is 0.158. The van der Waals surface area contributed by atoms with E-state index in [4.69, 9.17) is 0 Å². The standard InChI is InChI=1S/C19H20N4O/c1-14-8-7-11-17(12-14)23-19(24)18(15(2)21-23)13-20-22(3)16-9-5-4-6-10-16/h4-13,21H,1-3H3. The summed E-state index contributed by atoms with van der Waals surface area (Å²) >= 11 is 0. The topological polar surface area (TPSA) is 53.4 Å². The van der Waals surface area contributed by atoms with Crippen LogP contribution in [0.2, 0.25) is 0 Å². The highest BCUT2D eigenvalue weighted by atomic mass is 16.1. The van der Waals surface area contributed by atoms with Gasteiger partial charge < -0.3 is 0 Å². The Kier molecular flexibility index (Phi) is 4.33. The number of anilines is 1. The van der Waals surface area contributed by atoms with Gasteiger partial charge in [-0.2, -0.15) is 5.10 Å². The van der Waals surface area contributed by atoms with Crippen LogP contribution in [0, 0.1) is 13.8 Å². The van der Waals surface area contributed by atoms with E-state index < -0.39 is 0 Å². The molecule has 3 rings (SSSR count). The van der Waals surface area contributed by atoms with Gasteiger partial charge in [0.25, 0.3) is 5.56 Å². The van der Waals surface area contributed by atoms with Gasteiger partial charge in [0.05, 0.1) is 23.2 Å². The summed E-state index contributed by atoms with van der Waals surface area (Å²) in [7, 11) is 1.85. The van der Waals surface area contributed by atoms with Gasteiger partial charge in [-0.05, 0) is 43.7 Å². The normalized spacial score (nSPS) is 11.1. The molecule has 0 spiro atoms. The number of hydrazone groups is 1. The lowest BCUT2D eigenvalue weighted by molar-refractivity contribution is 0.834. The van der Waals surface area contributed by atoms with Crippen LogP contribution in [0.25, 0.3) is 5.69 Å². The molecule has 0 aliphatic rings. The Hall–Kier alpha value is -3.08. The Bertz CT molecular complexity index is 922. The molecule has 24 heavy (non-hydrogen) atoms. The highest BCUT2D eigenvalue weighted by molar-refractivity contribution is 5.81. The SMILES string of the molecule is Cc1cccc(-n2[nH]c(C)c(C=NN(C)c3ccccc3)c2=O)c1. The summed E-state index contributed by atoms with van der Waals surface area (Å²) in [6.45, 7) is 3.87. The van der Waals surface area contributed by atoms with Gasteiger partial charge in [0.2, 0.25) is 0 Å².